The number of para-hydroxylation sites is 1. The highest BCUT2D eigenvalue weighted by atomic mass is 19.4. The third kappa shape index (κ3) is 4.88. The molecule has 3 aromatic carbocycles. The molecule has 36 heavy (non-hydrogen) atoms. The Labute approximate surface area is 208 Å². The van der Waals surface area contributed by atoms with E-state index in [0.717, 1.165) is 29.5 Å². The molecule has 0 radical (unpaired) electrons. The number of halogens is 3. The molecule has 1 saturated heterocycles. The van der Waals surface area contributed by atoms with E-state index < -0.39 is 17.3 Å². The number of piperidine rings is 1. The summed E-state index contributed by atoms with van der Waals surface area (Å²) < 4.78 is 40.1. The number of amides is 1. The van der Waals surface area contributed by atoms with E-state index >= 15 is 0 Å². The predicted molar refractivity (Wildman–Crippen MR) is 134 cm³/mol. The number of alkyl halides is 3. The average molecular weight is 493 g/mol. The summed E-state index contributed by atoms with van der Waals surface area (Å²) in [7, 11) is 0. The standard InChI is InChI=1S/C29H27F3N2O2/c30-29(31,32)25-9-3-1-7-23(25)20-28(36)15-18-33(19-16-28)27(35)22-11-13-24(14-12-22)34-17-5-8-21-6-2-4-10-26(21)34/h1-14,36H,15-20H2. The topological polar surface area (TPSA) is 43.8 Å². The number of likely N-dealkylation sites (tertiary alicyclic amines) is 1. The summed E-state index contributed by atoms with van der Waals surface area (Å²) in [6.07, 6.45) is 0.0831. The lowest BCUT2D eigenvalue weighted by atomic mass is 9.83. The fraction of sp³-hybridized carbons (Fsp3) is 0.276. The van der Waals surface area contributed by atoms with E-state index in [1.54, 1.807) is 23.1 Å². The van der Waals surface area contributed by atoms with Crippen molar-refractivity contribution in [3.05, 3.63) is 101 Å². The summed E-state index contributed by atoms with van der Waals surface area (Å²) in [6.45, 7) is 1.32. The monoisotopic (exact) mass is 492 g/mol. The molecule has 0 bridgehead atoms. The van der Waals surface area contributed by atoms with Crippen LogP contribution in [0.3, 0.4) is 0 Å². The molecule has 0 aliphatic carbocycles. The first-order chi connectivity index (χ1) is 17.2. The molecule has 3 aromatic rings. The third-order valence-electron chi connectivity index (χ3n) is 7.06. The van der Waals surface area contributed by atoms with E-state index in [-0.39, 0.29) is 43.8 Å². The van der Waals surface area contributed by atoms with Crippen LogP contribution in [0.25, 0.3) is 6.08 Å². The normalized spacial score (nSPS) is 17.1. The van der Waals surface area contributed by atoms with Crippen LogP contribution in [0.15, 0.2) is 78.9 Å². The van der Waals surface area contributed by atoms with Crippen molar-refractivity contribution in [3.63, 3.8) is 0 Å². The van der Waals surface area contributed by atoms with Gasteiger partial charge in [-0.05, 0) is 60.4 Å². The molecule has 5 rings (SSSR count). The Morgan fingerprint density at radius 2 is 1.58 bits per heavy atom. The first-order valence-electron chi connectivity index (χ1n) is 12.0. The fourth-order valence-corrected chi connectivity index (χ4v) is 5.08. The zero-order valence-electron chi connectivity index (χ0n) is 19.7. The number of nitrogens with zero attached hydrogens (tertiary/aromatic N) is 2. The summed E-state index contributed by atoms with van der Waals surface area (Å²) in [4.78, 5) is 17.0. The highest BCUT2D eigenvalue weighted by Gasteiger charge is 2.38. The van der Waals surface area contributed by atoms with Crippen molar-refractivity contribution >= 4 is 23.4 Å². The molecule has 0 aromatic heterocycles. The summed E-state index contributed by atoms with van der Waals surface area (Å²) in [5.74, 6) is -0.141. The van der Waals surface area contributed by atoms with Gasteiger partial charge in [0.25, 0.3) is 5.91 Å². The van der Waals surface area contributed by atoms with Crippen LogP contribution in [0, 0.1) is 0 Å². The Balaban J connectivity index is 1.24. The molecule has 2 heterocycles. The van der Waals surface area contributed by atoms with Gasteiger partial charge < -0.3 is 14.9 Å². The number of rotatable bonds is 4. The number of anilines is 2. The zero-order chi connectivity index (χ0) is 25.3. The fourth-order valence-electron chi connectivity index (χ4n) is 5.08. The zero-order valence-corrected chi connectivity index (χ0v) is 19.7. The Bertz CT molecular complexity index is 1280. The van der Waals surface area contributed by atoms with Crippen LogP contribution in [-0.4, -0.2) is 41.1 Å². The maximum atomic E-state index is 13.4. The lowest BCUT2D eigenvalue weighted by Crippen LogP contribution is -2.48. The van der Waals surface area contributed by atoms with Crippen molar-refractivity contribution < 1.29 is 23.1 Å². The lowest BCUT2D eigenvalue weighted by Gasteiger charge is -2.38. The molecular formula is C29H27F3N2O2. The molecule has 0 unspecified atom stereocenters. The molecule has 0 saturated carbocycles. The van der Waals surface area contributed by atoms with Gasteiger partial charge in [-0.1, -0.05) is 48.6 Å². The highest BCUT2D eigenvalue weighted by Crippen LogP contribution is 2.36. The van der Waals surface area contributed by atoms with Crippen LogP contribution in [0.5, 0.6) is 0 Å². The molecule has 1 fully saturated rings. The molecule has 186 valence electrons. The van der Waals surface area contributed by atoms with Gasteiger partial charge in [0.15, 0.2) is 0 Å². The van der Waals surface area contributed by atoms with Gasteiger partial charge in [0.05, 0.1) is 11.2 Å². The third-order valence-corrected chi connectivity index (χ3v) is 7.06. The number of fused-ring (bicyclic) bond motifs is 1. The predicted octanol–water partition coefficient (Wildman–Crippen LogP) is 6.08. The molecule has 1 amide bonds. The van der Waals surface area contributed by atoms with E-state index in [9.17, 15) is 23.1 Å². The maximum Gasteiger partial charge on any atom is 0.416 e. The number of aliphatic hydroxyl groups is 1. The molecule has 0 spiro atoms. The Morgan fingerprint density at radius 3 is 2.31 bits per heavy atom. The number of hydrogen-bond donors (Lipinski definition) is 1. The average Bonchev–Trinajstić information content (AvgIpc) is 2.88. The van der Waals surface area contributed by atoms with Crippen LogP contribution < -0.4 is 4.90 Å². The first-order valence-corrected chi connectivity index (χ1v) is 12.0. The smallest absolute Gasteiger partial charge is 0.389 e. The number of carbonyl (C=O) groups is 1. The van der Waals surface area contributed by atoms with Gasteiger partial charge in [-0.2, -0.15) is 13.2 Å². The van der Waals surface area contributed by atoms with Gasteiger partial charge >= 0.3 is 6.18 Å². The summed E-state index contributed by atoms with van der Waals surface area (Å²) >= 11 is 0. The van der Waals surface area contributed by atoms with Crippen LogP contribution in [0.2, 0.25) is 0 Å². The Hall–Kier alpha value is -3.58. The van der Waals surface area contributed by atoms with Crippen LogP contribution in [0.1, 0.15) is 39.9 Å². The van der Waals surface area contributed by atoms with E-state index in [2.05, 4.69) is 29.2 Å². The van der Waals surface area contributed by atoms with Crippen molar-refractivity contribution in [2.45, 2.75) is 31.0 Å². The van der Waals surface area contributed by atoms with E-state index in [1.807, 2.05) is 24.3 Å². The quantitative estimate of drug-likeness (QED) is 0.480. The van der Waals surface area contributed by atoms with Gasteiger partial charge in [0.1, 0.15) is 0 Å². The van der Waals surface area contributed by atoms with Crippen LogP contribution in [-0.2, 0) is 12.6 Å². The van der Waals surface area contributed by atoms with Crippen molar-refractivity contribution in [2.75, 3.05) is 24.5 Å². The molecule has 4 nitrogen and oxygen atoms in total. The van der Waals surface area contributed by atoms with Crippen LogP contribution >= 0.6 is 0 Å². The Morgan fingerprint density at radius 1 is 0.917 bits per heavy atom. The second kappa shape index (κ2) is 9.47. The maximum absolute atomic E-state index is 13.4. The highest BCUT2D eigenvalue weighted by molar-refractivity contribution is 5.95. The van der Waals surface area contributed by atoms with E-state index in [1.165, 1.54) is 12.1 Å². The van der Waals surface area contributed by atoms with Gasteiger partial charge in [0.2, 0.25) is 0 Å². The van der Waals surface area contributed by atoms with Crippen molar-refractivity contribution in [3.8, 4) is 0 Å². The largest absolute Gasteiger partial charge is 0.416 e. The molecular weight excluding hydrogens is 465 g/mol. The van der Waals surface area contributed by atoms with Crippen LogP contribution in [0.4, 0.5) is 24.5 Å². The first kappa shape index (κ1) is 24.1. The van der Waals surface area contributed by atoms with Gasteiger partial charge in [-0.15, -0.1) is 0 Å². The number of hydrogen-bond acceptors (Lipinski definition) is 3. The molecule has 1 N–H and O–H groups in total. The minimum Gasteiger partial charge on any atom is -0.389 e. The number of benzene rings is 3. The summed E-state index contributed by atoms with van der Waals surface area (Å²) in [5, 5.41) is 11.0. The SMILES string of the molecule is O=C(c1ccc(N2CC=Cc3ccccc32)cc1)N1CCC(O)(Cc2ccccc2C(F)(F)F)CC1. The van der Waals surface area contributed by atoms with Gasteiger partial charge in [0, 0.05) is 43.0 Å². The second-order valence-corrected chi connectivity index (χ2v) is 9.47. The van der Waals surface area contributed by atoms with Crippen molar-refractivity contribution in [1.29, 1.82) is 0 Å². The number of carbonyl (C=O) groups excluding carboxylic acids is 1. The molecule has 0 atom stereocenters. The minimum atomic E-state index is -4.47. The van der Waals surface area contributed by atoms with E-state index in [0.29, 0.717) is 5.56 Å². The van der Waals surface area contributed by atoms with E-state index in [4.69, 9.17) is 0 Å². The van der Waals surface area contributed by atoms with Crippen molar-refractivity contribution in [1.82, 2.24) is 4.90 Å². The van der Waals surface area contributed by atoms with Gasteiger partial charge in [-0.25, -0.2) is 0 Å². The molecule has 2 aliphatic rings. The second-order valence-electron chi connectivity index (χ2n) is 9.47. The van der Waals surface area contributed by atoms with Crippen molar-refractivity contribution in [2.24, 2.45) is 0 Å². The molecule has 7 heteroatoms. The van der Waals surface area contributed by atoms with Gasteiger partial charge in [-0.3, -0.25) is 4.79 Å². The minimum absolute atomic E-state index is 0.0806. The lowest BCUT2D eigenvalue weighted by molar-refractivity contribution is -0.138. The molecule has 2 aliphatic heterocycles. The summed E-state index contributed by atoms with van der Waals surface area (Å²) in [5.41, 5.74) is 1.87. The Kier molecular flexibility index (Phi) is 6.35. The summed E-state index contributed by atoms with van der Waals surface area (Å²) in [6, 6.07) is 21.0.